The fourth-order valence-corrected chi connectivity index (χ4v) is 1.93. The first kappa shape index (κ1) is 12.0. The standard InChI is InChI=1S/C14H20N2O/c1-9-6-7-10-11(8-9)15-12(17)13(2,3)14(4,5)16-10/h6-8,16H,1-5H3,(H,15,17). The Bertz CT molecular complexity index is 475. The molecule has 1 aromatic carbocycles. The monoisotopic (exact) mass is 232 g/mol. The van der Waals surface area contributed by atoms with Gasteiger partial charge in [-0.25, -0.2) is 0 Å². The Morgan fingerprint density at radius 3 is 2.35 bits per heavy atom. The van der Waals surface area contributed by atoms with Crippen molar-refractivity contribution in [2.75, 3.05) is 10.6 Å². The molecule has 3 heteroatoms. The Morgan fingerprint density at radius 1 is 1.06 bits per heavy atom. The highest BCUT2D eigenvalue weighted by Crippen LogP contribution is 2.40. The molecule has 0 atom stereocenters. The van der Waals surface area contributed by atoms with E-state index in [1.807, 2.05) is 39.0 Å². The fourth-order valence-electron chi connectivity index (χ4n) is 1.93. The summed E-state index contributed by atoms with van der Waals surface area (Å²) in [6.07, 6.45) is 0. The van der Waals surface area contributed by atoms with Crippen LogP contribution in [0.25, 0.3) is 0 Å². The van der Waals surface area contributed by atoms with Crippen molar-refractivity contribution in [2.24, 2.45) is 5.41 Å². The number of fused-ring (bicyclic) bond motifs is 1. The molecule has 2 rings (SSSR count). The van der Waals surface area contributed by atoms with E-state index in [1.165, 1.54) is 0 Å². The first-order valence-electron chi connectivity index (χ1n) is 5.94. The summed E-state index contributed by atoms with van der Waals surface area (Å²) in [6.45, 7) is 10.1. The van der Waals surface area contributed by atoms with Crippen LogP contribution >= 0.6 is 0 Å². The number of anilines is 2. The third-order valence-electron chi connectivity index (χ3n) is 4.00. The molecule has 0 bridgehead atoms. The SMILES string of the molecule is Cc1ccc2c(c1)NC(=O)C(C)(C)C(C)(C)N2. The fraction of sp³-hybridized carbons (Fsp3) is 0.500. The Balaban J connectivity index is 2.55. The van der Waals surface area contributed by atoms with Crippen molar-refractivity contribution in [1.29, 1.82) is 0 Å². The first-order chi connectivity index (χ1) is 7.74. The van der Waals surface area contributed by atoms with Crippen LogP contribution < -0.4 is 10.6 Å². The summed E-state index contributed by atoms with van der Waals surface area (Å²) in [6, 6.07) is 6.07. The van der Waals surface area contributed by atoms with Gasteiger partial charge >= 0.3 is 0 Å². The summed E-state index contributed by atoms with van der Waals surface area (Å²) in [7, 11) is 0. The van der Waals surface area contributed by atoms with Gasteiger partial charge < -0.3 is 10.6 Å². The van der Waals surface area contributed by atoms with E-state index < -0.39 is 5.41 Å². The van der Waals surface area contributed by atoms with Gasteiger partial charge in [-0.15, -0.1) is 0 Å². The minimum absolute atomic E-state index is 0.0550. The normalized spacial score (nSPS) is 20.9. The van der Waals surface area contributed by atoms with Gasteiger partial charge in [0.05, 0.1) is 16.8 Å². The molecule has 0 fully saturated rings. The quantitative estimate of drug-likeness (QED) is 0.721. The van der Waals surface area contributed by atoms with Gasteiger partial charge in [0.1, 0.15) is 0 Å². The van der Waals surface area contributed by atoms with E-state index in [4.69, 9.17) is 0 Å². The molecule has 17 heavy (non-hydrogen) atoms. The van der Waals surface area contributed by atoms with Crippen LogP contribution in [0.4, 0.5) is 11.4 Å². The molecule has 1 aliphatic heterocycles. The zero-order valence-corrected chi connectivity index (χ0v) is 11.1. The number of amides is 1. The van der Waals surface area contributed by atoms with E-state index in [1.54, 1.807) is 0 Å². The molecular formula is C14H20N2O. The molecule has 1 aromatic rings. The van der Waals surface area contributed by atoms with Crippen LogP contribution in [0.5, 0.6) is 0 Å². The zero-order valence-electron chi connectivity index (χ0n) is 11.1. The van der Waals surface area contributed by atoms with Crippen molar-refractivity contribution in [3.05, 3.63) is 23.8 Å². The minimum Gasteiger partial charge on any atom is -0.377 e. The Hall–Kier alpha value is -1.51. The summed E-state index contributed by atoms with van der Waals surface area (Å²) in [5, 5.41) is 6.47. The van der Waals surface area contributed by atoms with Crippen LogP contribution in [0.15, 0.2) is 18.2 Å². The van der Waals surface area contributed by atoms with Gasteiger partial charge in [-0.2, -0.15) is 0 Å². The minimum atomic E-state index is -0.472. The van der Waals surface area contributed by atoms with Crippen molar-refractivity contribution in [3.8, 4) is 0 Å². The zero-order chi connectivity index (χ0) is 12.8. The van der Waals surface area contributed by atoms with Crippen LogP contribution in [0.1, 0.15) is 33.3 Å². The molecule has 2 N–H and O–H groups in total. The van der Waals surface area contributed by atoms with E-state index in [0.29, 0.717) is 0 Å². The number of carbonyl (C=O) groups excluding carboxylic acids is 1. The highest BCUT2D eigenvalue weighted by Gasteiger charge is 2.45. The predicted octanol–water partition coefficient (Wildman–Crippen LogP) is 3.16. The molecule has 0 saturated carbocycles. The lowest BCUT2D eigenvalue weighted by molar-refractivity contribution is -0.126. The molecule has 3 nitrogen and oxygen atoms in total. The number of carbonyl (C=O) groups is 1. The van der Waals surface area contributed by atoms with Crippen molar-refractivity contribution in [1.82, 2.24) is 0 Å². The number of aryl methyl sites for hydroxylation is 1. The Morgan fingerprint density at radius 2 is 1.71 bits per heavy atom. The number of hydrogen-bond acceptors (Lipinski definition) is 2. The molecule has 1 heterocycles. The van der Waals surface area contributed by atoms with Gasteiger partial charge in [-0.3, -0.25) is 4.79 Å². The van der Waals surface area contributed by atoms with Crippen molar-refractivity contribution >= 4 is 17.3 Å². The molecule has 0 unspecified atom stereocenters. The largest absolute Gasteiger partial charge is 0.377 e. The van der Waals surface area contributed by atoms with Gasteiger partial charge in [0.2, 0.25) is 5.91 Å². The maximum absolute atomic E-state index is 12.3. The van der Waals surface area contributed by atoms with Crippen LogP contribution in [0, 0.1) is 12.3 Å². The summed E-state index contributed by atoms with van der Waals surface area (Å²) in [4.78, 5) is 12.3. The second kappa shape index (κ2) is 3.49. The average molecular weight is 232 g/mol. The average Bonchev–Trinajstić information content (AvgIpc) is 2.26. The van der Waals surface area contributed by atoms with Crippen molar-refractivity contribution in [2.45, 2.75) is 40.2 Å². The maximum Gasteiger partial charge on any atom is 0.232 e. The predicted molar refractivity (Wildman–Crippen MR) is 71.3 cm³/mol. The first-order valence-corrected chi connectivity index (χ1v) is 5.94. The molecule has 92 valence electrons. The van der Waals surface area contributed by atoms with E-state index in [2.05, 4.69) is 24.5 Å². The van der Waals surface area contributed by atoms with Crippen LogP contribution in [-0.2, 0) is 4.79 Å². The van der Waals surface area contributed by atoms with Gasteiger partial charge in [-0.05, 0) is 52.3 Å². The third kappa shape index (κ3) is 1.79. The Labute approximate surface area is 103 Å². The highest BCUT2D eigenvalue weighted by atomic mass is 16.2. The third-order valence-corrected chi connectivity index (χ3v) is 4.00. The molecular weight excluding hydrogens is 212 g/mol. The lowest BCUT2D eigenvalue weighted by Crippen LogP contribution is -2.50. The lowest BCUT2D eigenvalue weighted by Gasteiger charge is -2.39. The summed E-state index contributed by atoms with van der Waals surface area (Å²) < 4.78 is 0. The van der Waals surface area contributed by atoms with Crippen LogP contribution in [0.3, 0.4) is 0 Å². The summed E-state index contributed by atoms with van der Waals surface area (Å²) in [5.74, 6) is 0.0550. The van der Waals surface area contributed by atoms with Crippen LogP contribution in [-0.4, -0.2) is 11.4 Å². The summed E-state index contributed by atoms with van der Waals surface area (Å²) in [5.41, 5.74) is 2.23. The smallest absolute Gasteiger partial charge is 0.232 e. The number of hydrogen-bond donors (Lipinski definition) is 2. The molecule has 1 aliphatic rings. The van der Waals surface area contributed by atoms with Gasteiger partial charge in [-0.1, -0.05) is 6.07 Å². The molecule has 1 amide bonds. The van der Waals surface area contributed by atoms with E-state index in [9.17, 15) is 4.79 Å². The van der Waals surface area contributed by atoms with E-state index in [0.717, 1.165) is 16.9 Å². The molecule has 0 spiro atoms. The maximum atomic E-state index is 12.3. The van der Waals surface area contributed by atoms with Crippen molar-refractivity contribution < 1.29 is 4.79 Å². The summed E-state index contributed by atoms with van der Waals surface area (Å²) >= 11 is 0. The second-order valence-corrected chi connectivity index (χ2v) is 5.88. The van der Waals surface area contributed by atoms with Crippen molar-refractivity contribution in [3.63, 3.8) is 0 Å². The number of benzene rings is 1. The molecule has 0 aromatic heterocycles. The van der Waals surface area contributed by atoms with Gasteiger partial charge in [0.15, 0.2) is 0 Å². The van der Waals surface area contributed by atoms with E-state index >= 15 is 0 Å². The number of rotatable bonds is 0. The second-order valence-electron chi connectivity index (χ2n) is 5.88. The highest BCUT2D eigenvalue weighted by molar-refractivity contribution is 6.00. The topological polar surface area (TPSA) is 41.1 Å². The molecule has 0 saturated heterocycles. The lowest BCUT2D eigenvalue weighted by atomic mass is 9.74. The van der Waals surface area contributed by atoms with Gasteiger partial charge in [0, 0.05) is 5.54 Å². The van der Waals surface area contributed by atoms with Crippen LogP contribution in [0.2, 0.25) is 0 Å². The number of nitrogens with one attached hydrogen (secondary N) is 2. The Kier molecular flexibility index (Phi) is 2.45. The van der Waals surface area contributed by atoms with E-state index in [-0.39, 0.29) is 11.4 Å². The molecule has 0 radical (unpaired) electrons. The van der Waals surface area contributed by atoms with Gasteiger partial charge in [0.25, 0.3) is 0 Å². The molecule has 0 aliphatic carbocycles.